The van der Waals surface area contributed by atoms with Gasteiger partial charge in [-0.25, -0.2) is 12.7 Å². The van der Waals surface area contributed by atoms with E-state index >= 15 is 0 Å². The van der Waals surface area contributed by atoms with Crippen LogP contribution in [0, 0.1) is 0 Å². The maximum absolute atomic E-state index is 11.9. The van der Waals surface area contributed by atoms with Crippen molar-refractivity contribution in [2.45, 2.75) is 31.2 Å². The molecule has 1 aromatic carbocycles. The van der Waals surface area contributed by atoms with Gasteiger partial charge in [0.05, 0.1) is 11.4 Å². The Kier molecular flexibility index (Phi) is 6.32. The summed E-state index contributed by atoms with van der Waals surface area (Å²) in [7, 11) is -0.483. The zero-order valence-electron chi connectivity index (χ0n) is 12.9. The molecule has 0 aliphatic carbocycles. The van der Waals surface area contributed by atoms with Gasteiger partial charge in [-0.3, -0.25) is 4.79 Å². The molecular weight excluding hydrogens is 290 g/mol. The van der Waals surface area contributed by atoms with Crippen LogP contribution in [0.4, 0.5) is 5.69 Å². The molecule has 0 saturated carbocycles. The van der Waals surface area contributed by atoms with Gasteiger partial charge in [0.15, 0.2) is 0 Å². The Hall–Kier alpha value is -1.44. The van der Waals surface area contributed by atoms with Crippen LogP contribution in [0.2, 0.25) is 0 Å². The predicted molar refractivity (Wildman–Crippen MR) is 83.7 cm³/mol. The number of hydrogen-bond acceptors (Lipinski definition) is 4. The van der Waals surface area contributed by atoms with Crippen molar-refractivity contribution in [2.75, 3.05) is 26.0 Å². The number of amides is 1. The Labute approximate surface area is 126 Å². The lowest BCUT2D eigenvalue weighted by Crippen LogP contribution is -2.33. The van der Waals surface area contributed by atoms with Crippen LogP contribution in [0.15, 0.2) is 29.2 Å². The summed E-state index contributed by atoms with van der Waals surface area (Å²) in [6, 6.07) is 6.40. The molecule has 0 bridgehead atoms. The van der Waals surface area contributed by atoms with E-state index in [4.69, 9.17) is 0 Å². The molecule has 0 fully saturated rings. The number of nitrogens with one attached hydrogen (secondary N) is 2. The van der Waals surface area contributed by atoms with Crippen molar-refractivity contribution in [3.63, 3.8) is 0 Å². The normalized spacial score (nSPS) is 13.2. The molecule has 0 spiro atoms. The number of anilines is 1. The predicted octanol–water partition coefficient (Wildman–Crippen LogP) is 1.26. The summed E-state index contributed by atoms with van der Waals surface area (Å²) in [4.78, 5) is 11.9. The molecule has 1 atom stereocenters. The molecule has 21 heavy (non-hydrogen) atoms. The number of hydrogen-bond donors (Lipinski definition) is 2. The Morgan fingerprint density at radius 2 is 1.81 bits per heavy atom. The molecule has 1 unspecified atom stereocenters. The van der Waals surface area contributed by atoms with Gasteiger partial charge in [0.25, 0.3) is 0 Å². The topological polar surface area (TPSA) is 78.5 Å². The van der Waals surface area contributed by atoms with Crippen LogP contribution < -0.4 is 10.6 Å². The van der Waals surface area contributed by atoms with E-state index in [0.717, 1.165) is 10.7 Å². The first-order valence-corrected chi connectivity index (χ1v) is 8.27. The van der Waals surface area contributed by atoms with E-state index in [0.29, 0.717) is 5.69 Å². The average Bonchev–Trinajstić information content (AvgIpc) is 2.45. The lowest BCUT2D eigenvalue weighted by Gasteiger charge is -2.13. The highest BCUT2D eigenvalue weighted by Crippen LogP contribution is 2.16. The summed E-state index contributed by atoms with van der Waals surface area (Å²) in [5.74, 6) is -0.154. The van der Waals surface area contributed by atoms with E-state index < -0.39 is 10.0 Å². The molecular formula is C14H23N3O3S. The first-order valence-electron chi connectivity index (χ1n) is 6.83. The van der Waals surface area contributed by atoms with Crippen molar-refractivity contribution in [1.29, 1.82) is 0 Å². The summed E-state index contributed by atoms with van der Waals surface area (Å²) >= 11 is 0. The molecule has 118 valence electrons. The van der Waals surface area contributed by atoms with Crippen LogP contribution in [-0.2, 0) is 14.8 Å². The molecule has 1 aromatic rings. The quantitative estimate of drug-likeness (QED) is 0.794. The van der Waals surface area contributed by atoms with Gasteiger partial charge in [-0.2, -0.15) is 0 Å². The number of carbonyl (C=O) groups is 1. The molecule has 0 aromatic heterocycles. The highest BCUT2D eigenvalue weighted by molar-refractivity contribution is 7.89. The second-order valence-electron chi connectivity index (χ2n) is 5.05. The van der Waals surface area contributed by atoms with Crippen LogP contribution in [0.25, 0.3) is 0 Å². The summed E-state index contributed by atoms with van der Waals surface area (Å²) < 4.78 is 25.0. The highest BCUT2D eigenvalue weighted by Gasteiger charge is 2.16. The number of benzene rings is 1. The fraction of sp³-hybridized carbons (Fsp3) is 0.500. The van der Waals surface area contributed by atoms with Crippen LogP contribution in [0.3, 0.4) is 0 Å². The first kappa shape index (κ1) is 17.6. The zero-order chi connectivity index (χ0) is 16.0. The molecule has 7 heteroatoms. The maximum Gasteiger partial charge on any atom is 0.242 e. The standard InChI is InChI=1S/C14H23N3O3S/c1-5-11(2)15-10-14(18)16-12-6-8-13(9-7-12)21(19,20)17(3)4/h6-9,11,15H,5,10H2,1-4H3,(H,16,18). The number of nitrogens with zero attached hydrogens (tertiary/aromatic N) is 1. The van der Waals surface area contributed by atoms with Crippen molar-refractivity contribution < 1.29 is 13.2 Å². The van der Waals surface area contributed by atoms with Crippen molar-refractivity contribution in [2.24, 2.45) is 0 Å². The molecule has 0 saturated heterocycles. The molecule has 1 rings (SSSR count). The van der Waals surface area contributed by atoms with E-state index in [9.17, 15) is 13.2 Å². The summed E-state index contributed by atoms with van der Waals surface area (Å²) in [6.45, 7) is 4.28. The van der Waals surface area contributed by atoms with Gasteiger partial charge < -0.3 is 10.6 Å². The largest absolute Gasteiger partial charge is 0.325 e. The summed E-state index contributed by atoms with van der Waals surface area (Å²) in [5.41, 5.74) is 0.573. The van der Waals surface area contributed by atoms with E-state index in [1.165, 1.54) is 26.2 Å². The Balaban J connectivity index is 2.65. The lowest BCUT2D eigenvalue weighted by molar-refractivity contribution is -0.115. The number of sulfonamides is 1. The van der Waals surface area contributed by atoms with E-state index in [1.807, 2.05) is 13.8 Å². The molecule has 0 aliphatic heterocycles. The van der Waals surface area contributed by atoms with Crippen molar-refractivity contribution in [3.05, 3.63) is 24.3 Å². The van der Waals surface area contributed by atoms with Gasteiger partial charge in [-0.1, -0.05) is 6.92 Å². The van der Waals surface area contributed by atoms with E-state index in [1.54, 1.807) is 12.1 Å². The van der Waals surface area contributed by atoms with Crippen LogP contribution in [0.1, 0.15) is 20.3 Å². The molecule has 1 amide bonds. The Morgan fingerprint density at radius 3 is 2.29 bits per heavy atom. The fourth-order valence-corrected chi connectivity index (χ4v) is 2.44. The van der Waals surface area contributed by atoms with Crippen molar-refractivity contribution in [3.8, 4) is 0 Å². The molecule has 2 N–H and O–H groups in total. The first-order chi connectivity index (χ1) is 9.77. The maximum atomic E-state index is 11.9. The molecule has 0 radical (unpaired) electrons. The van der Waals surface area contributed by atoms with E-state index in [2.05, 4.69) is 10.6 Å². The zero-order valence-corrected chi connectivity index (χ0v) is 13.7. The van der Waals surface area contributed by atoms with Gasteiger partial charge in [0, 0.05) is 25.8 Å². The van der Waals surface area contributed by atoms with Gasteiger partial charge in [0.1, 0.15) is 0 Å². The van der Waals surface area contributed by atoms with Gasteiger partial charge in [-0.15, -0.1) is 0 Å². The second kappa shape index (κ2) is 7.53. The second-order valence-corrected chi connectivity index (χ2v) is 7.20. The molecule has 0 aliphatic rings. The minimum absolute atomic E-state index is 0.154. The third kappa shape index (κ3) is 5.11. The minimum Gasteiger partial charge on any atom is -0.325 e. The van der Waals surface area contributed by atoms with Crippen LogP contribution in [0.5, 0.6) is 0 Å². The average molecular weight is 313 g/mol. The highest BCUT2D eigenvalue weighted by atomic mass is 32.2. The minimum atomic E-state index is -3.44. The monoisotopic (exact) mass is 313 g/mol. The summed E-state index contributed by atoms with van der Waals surface area (Å²) in [6.07, 6.45) is 0.949. The van der Waals surface area contributed by atoms with Crippen molar-refractivity contribution in [1.82, 2.24) is 9.62 Å². The Morgan fingerprint density at radius 1 is 1.24 bits per heavy atom. The number of carbonyl (C=O) groups excluding carboxylic acids is 1. The van der Waals surface area contributed by atoms with E-state index in [-0.39, 0.29) is 23.4 Å². The SMILES string of the molecule is CCC(C)NCC(=O)Nc1ccc(S(=O)(=O)N(C)C)cc1. The van der Waals surface area contributed by atoms with Gasteiger partial charge >= 0.3 is 0 Å². The smallest absolute Gasteiger partial charge is 0.242 e. The van der Waals surface area contributed by atoms with Crippen molar-refractivity contribution >= 4 is 21.6 Å². The molecule has 6 nitrogen and oxygen atoms in total. The molecule has 0 heterocycles. The van der Waals surface area contributed by atoms with Gasteiger partial charge in [-0.05, 0) is 37.6 Å². The third-order valence-corrected chi connectivity index (χ3v) is 4.97. The van der Waals surface area contributed by atoms with Gasteiger partial charge in [0.2, 0.25) is 15.9 Å². The van der Waals surface area contributed by atoms with Crippen LogP contribution >= 0.6 is 0 Å². The summed E-state index contributed by atoms with van der Waals surface area (Å²) in [5, 5.41) is 5.81. The number of rotatable bonds is 7. The Bertz CT molecular complexity index is 568. The van der Waals surface area contributed by atoms with Crippen LogP contribution in [-0.4, -0.2) is 45.3 Å². The lowest BCUT2D eigenvalue weighted by atomic mass is 10.2. The third-order valence-electron chi connectivity index (χ3n) is 3.14. The fourth-order valence-electron chi connectivity index (χ4n) is 1.54.